The third kappa shape index (κ3) is 4.08. The predicted octanol–water partition coefficient (Wildman–Crippen LogP) is 4.39. The lowest BCUT2D eigenvalue weighted by Crippen LogP contribution is -2.25. The van der Waals surface area contributed by atoms with E-state index in [1.807, 2.05) is 43.7 Å². The number of aromatic nitrogens is 4. The number of imidazole rings is 1. The molecule has 1 aromatic carbocycles. The highest BCUT2D eigenvalue weighted by atomic mass is 32.2. The van der Waals surface area contributed by atoms with E-state index in [9.17, 15) is 4.79 Å². The number of benzene rings is 1. The van der Waals surface area contributed by atoms with Crippen LogP contribution in [0.15, 0.2) is 48.0 Å². The van der Waals surface area contributed by atoms with Crippen molar-refractivity contribution in [3.05, 3.63) is 54.0 Å². The van der Waals surface area contributed by atoms with Crippen molar-refractivity contribution in [1.29, 1.82) is 0 Å². The maximum Gasteiger partial charge on any atom is 0.238 e. The lowest BCUT2D eigenvalue weighted by Gasteiger charge is -2.16. The van der Waals surface area contributed by atoms with Crippen molar-refractivity contribution in [1.82, 2.24) is 19.3 Å². The molecule has 0 aliphatic rings. The molecule has 1 unspecified atom stereocenters. The van der Waals surface area contributed by atoms with Gasteiger partial charge >= 0.3 is 0 Å². The van der Waals surface area contributed by atoms with Crippen molar-refractivity contribution in [3.8, 4) is 5.69 Å². The Bertz CT molecular complexity index is 944. The number of hydrogen-bond donors (Lipinski definition) is 1. The first-order valence-corrected chi connectivity index (χ1v) is 9.87. The topological polar surface area (TPSA) is 64.7 Å². The Kier molecular flexibility index (Phi) is 5.70. The normalized spacial score (nSPS) is 12.4. The molecule has 1 N–H and O–H groups in total. The number of thioether (sulfide) groups is 1. The zero-order valence-electron chi connectivity index (χ0n) is 16.3. The molecule has 0 aliphatic heterocycles. The quantitative estimate of drug-likeness (QED) is 0.641. The molecule has 0 aliphatic carbocycles. The minimum absolute atomic E-state index is 0.0714. The summed E-state index contributed by atoms with van der Waals surface area (Å²) in [6.07, 6.45) is 5.39. The van der Waals surface area contributed by atoms with Gasteiger partial charge in [-0.2, -0.15) is 5.10 Å². The maximum absolute atomic E-state index is 12.7. The number of carbonyl (C=O) groups excluding carboxylic acids is 1. The van der Waals surface area contributed by atoms with Gasteiger partial charge in [-0.15, -0.1) is 0 Å². The van der Waals surface area contributed by atoms with Crippen LogP contribution in [0, 0.1) is 13.8 Å². The zero-order chi connectivity index (χ0) is 19.6. The first kappa shape index (κ1) is 19.2. The maximum atomic E-state index is 12.7. The minimum atomic E-state index is -0.299. The van der Waals surface area contributed by atoms with Crippen LogP contribution in [0.25, 0.3) is 5.69 Å². The SMILES string of the molecule is Cc1cccc(-n2ccnc2SC(C)C(=O)Nc2ccnn2C(C)C)c1C. The van der Waals surface area contributed by atoms with Crippen LogP contribution in [-0.2, 0) is 4.79 Å². The van der Waals surface area contributed by atoms with E-state index in [1.54, 1.807) is 17.1 Å². The molecule has 142 valence electrons. The highest BCUT2D eigenvalue weighted by Crippen LogP contribution is 2.27. The van der Waals surface area contributed by atoms with Gasteiger partial charge in [0.2, 0.25) is 5.91 Å². The number of nitrogens with one attached hydrogen (secondary N) is 1. The van der Waals surface area contributed by atoms with Crippen LogP contribution in [0.1, 0.15) is 37.9 Å². The van der Waals surface area contributed by atoms with E-state index in [0.29, 0.717) is 5.82 Å². The minimum Gasteiger partial charge on any atom is -0.310 e. The fourth-order valence-electron chi connectivity index (χ4n) is 2.82. The summed E-state index contributed by atoms with van der Waals surface area (Å²) in [5, 5.41) is 7.72. The highest BCUT2D eigenvalue weighted by Gasteiger charge is 2.20. The van der Waals surface area contributed by atoms with Gasteiger partial charge in [0.1, 0.15) is 5.82 Å². The van der Waals surface area contributed by atoms with Crippen molar-refractivity contribution in [2.24, 2.45) is 0 Å². The van der Waals surface area contributed by atoms with Gasteiger partial charge < -0.3 is 5.32 Å². The summed E-state index contributed by atoms with van der Waals surface area (Å²) in [7, 11) is 0. The molecular weight excluding hydrogens is 358 g/mol. The lowest BCUT2D eigenvalue weighted by atomic mass is 10.1. The van der Waals surface area contributed by atoms with E-state index < -0.39 is 0 Å². The molecule has 2 aromatic heterocycles. The average Bonchev–Trinajstić information content (AvgIpc) is 3.26. The molecule has 1 amide bonds. The van der Waals surface area contributed by atoms with Crippen LogP contribution < -0.4 is 5.32 Å². The van der Waals surface area contributed by atoms with Crippen molar-refractivity contribution in [2.75, 3.05) is 5.32 Å². The van der Waals surface area contributed by atoms with Crippen molar-refractivity contribution in [2.45, 2.75) is 51.1 Å². The molecule has 3 aromatic rings. The second-order valence-electron chi connectivity index (χ2n) is 6.80. The van der Waals surface area contributed by atoms with Gasteiger partial charge in [0.25, 0.3) is 0 Å². The van der Waals surface area contributed by atoms with Crippen molar-refractivity contribution >= 4 is 23.5 Å². The number of amides is 1. The number of hydrogen-bond acceptors (Lipinski definition) is 4. The summed E-state index contributed by atoms with van der Waals surface area (Å²) in [5.74, 6) is 0.637. The molecule has 0 saturated carbocycles. The Balaban J connectivity index is 1.76. The molecule has 7 heteroatoms. The molecule has 0 radical (unpaired) electrons. The fraction of sp³-hybridized carbons (Fsp3) is 0.350. The molecular formula is C20H25N5OS. The van der Waals surface area contributed by atoms with E-state index >= 15 is 0 Å². The standard InChI is InChI=1S/C20H25N5OS/c1-13(2)25-18(9-10-22-25)23-19(26)16(5)27-20-21-11-12-24(20)17-8-6-7-14(3)15(17)4/h6-13,16H,1-5H3,(H,23,26). The predicted molar refractivity (Wildman–Crippen MR) is 110 cm³/mol. The van der Waals surface area contributed by atoms with Gasteiger partial charge in [0.05, 0.1) is 17.1 Å². The lowest BCUT2D eigenvalue weighted by molar-refractivity contribution is -0.115. The van der Waals surface area contributed by atoms with E-state index in [4.69, 9.17) is 0 Å². The van der Waals surface area contributed by atoms with E-state index in [1.165, 1.54) is 22.9 Å². The molecule has 0 bridgehead atoms. The number of carbonyl (C=O) groups is 1. The summed E-state index contributed by atoms with van der Waals surface area (Å²) < 4.78 is 3.83. The molecule has 0 saturated heterocycles. The van der Waals surface area contributed by atoms with Crippen LogP contribution in [0.3, 0.4) is 0 Å². The summed E-state index contributed by atoms with van der Waals surface area (Å²) >= 11 is 1.44. The second-order valence-corrected chi connectivity index (χ2v) is 8.11. The van der Waals surface area contributed by atoms with Crippen LogP contribution in [0.2, 0.25) is 0 Å². The van der Waals surface area contributed by atoms with Crippen LogP contribution in [0.5, 0.6) is 0 Å². The Hall–Kier alpha value is -2.54. The van der Waals surface area contributed by atoms with Gasteiger partial charge in [-0.3, -0.25) is 9.36 Å². The Morgan fingerprint density at radius 3 is 2.67 bits per heavy atom. The molecule has 2 heterocycles. The van der Waals surface area contributed by atoms with Gasteiger partial charge in [-0.05, 0) is 51.8 Å². The first-order chi connectivity index (χ1) is 12.9. The molecule has 27 heavy (non-hydrogen) atoms. The van der Waals surface area contributed by atoms with Gasteiger partial charge in [0.15, 0.2) is 5.16 Å². The molecule has 1 atom stereocenters. The third-order valence-corrected chi connectivity index (χ3v) is 5.59. The van der Waals surface area contributed by atoms with E-state index in [-0.39, 0.29) is 17.2 Å². The molecule has 0 spiro atoms. The number of nitrogens with zero attached hydrogens (tertiary/aromatic N) is 4. The zero-order valence-corrected chi connectivity index (χ0v) is 17.1. The van der Waals surface area contributed by atoms with Gasteiger partial charge in [0, 0.05) is 24.5 Å². The molecule has 0 fully saturated rings. The summed E-state index contributed by atoms with van der Waals surface area (Å²) in [6, 6.07) is 8.19. The molecule has 3 rings (SSSR count). The monoisotopic (exact) mass is 383 g/mol. The van der Waals surface area contributed by atoms with E-state index in [2.05, 4.69) is 41.4 Å². The fourth-order valence-corrected chi connectivity index (χ4v) is 3.70. The summed E-state index contributed by atoms with van der Waals surface area (Å²) in [4.78, 5) is 17.1. The van der Waals surface area contributed by atoms with E-state index in [0.717, 1.165) is 10.8 Å². The first-order valence-electron chi connectivity index (χ1n) is 8.99. The second kappa shape index (κ2) is 8.00. The van der Waals surface area contributed by atoms with Gasteiger partial charge in [-0.1, -0.05) is 23.9 Å². The largest absolute Gasteiger partial charge is 0.310 e. The van der Waals surface area contributed by atoms with Crippen molar-refractivity contribution in [3.63, 3.8) is 0 Å². The number of anilines is 1. The Morgan fingerprint density at radius 1 is 1.15 bits per heavy atom. The van der Waals surface area contributed by atoms with Crippen LogP contribution in [0.4, 0.5) is 5.82 Å². The van der Waals surface area contributed by atoms with Crippen LogP contribution in [-0.4, -0.2) is 30.5 Å². The Labute approximate surface area is 164 Å². The van der Waals surface area contributed by atoms with Crippen LogP contribution >= 0.6 is 11.8 Å². The van der Waals surface area contributed by atoms with Crippen molar-refractivity contribution < 1.29 is 4.79 Å². The summed E-state index contributed by atoms with van der Waals surface area (Å²) in [6.45, 7) is 10.1. The van der Waals surface area contributed by atoms with Gasteiger partial charge in [-0.25, -0.2) is 9.67 Å². The number of rotatable bonds is 6. The average molecular weight is 384 g/mol. The third-order valence-electron chi connectivity index (χ3n) is 4.50. The molecule has 6 nitrogen and oxygen atoms in total. The number of aryl methyl sites for hydroxylation is 1. The smallest absolute Gasteiger partial charge is 0.238 e. The highest BCUT2D eigenvalue weighted by molar-refractivity contribution is 8.00. The summed E-state index contributed by atoms with van der Waals surface area (Å²) in [5.41, 5.74) is 3.51. The Morgan fingerprint density at radius 2 is 1.93 bits per heavy atom.